The predicted octanol–water partition coefficient (Wildman–Crippen LogP) is 8.62. The second-order valence-electron chi connectivity index (χ2n) is 10.7. The summed E-state index contributed by atoms with van der Waals surface area (Å²) in [5.41, 5.74) is 7.07. The number of fused-ring (bicyclic) bond motifs is 1. The molecule has 3 aromatic carbocycles. The van der Waals surface area contributed by atoms with Crippen molar-refractivity contribution in [3.8, 4) is 43.4 Å². The molecule has 6 rings (SSSR count). The van der Waals surface area contributed by atoms with Gasteiger partial charge in [-0.2, -0.15) is 4.33 Å². The summed E-state index contributed by atoms with van der Waals surface area (Å²) in [7, 11) is -1.92. The number of rotatable bonds is 9. The minimum Gasteiger partial charge on any atom is -0.264 e. The number of nitrogens with zero attached hydrogens (tertiary/aromatic N) is 3. The van der Waals surface area contributed by atoms with Gasteiger partial charge in [0.05, 0.1) is 40.0 Å². The molecule has 0 bridgehead atoms. The lowest BCUT2D eigenvalue weighted by Gasteiger charge is -2.24. The molecule has 0 unspecified atom stereocenters. The standard InChI is InChI=1S/C34H29N3O4S3/c1-34(2,44(4,38)39)27-19-24-10-7-17-36-30(24)29(20-27)23-8-5-9-25(18-23)32-31(22-12-14-28(15-13-22)43-41-40-3)37-33(42-32)26-11-6-16-35-21-26/h5-21H,1-4H3. The van der Waals surface area contributed by atoms with Gasteiger partial charge in [0, 0.05) is 51.8 Å². The monoisotopic (exact) mass is 639 g/mol. The van der Waals surface area contributed by atoms with E-state index in [9.17, 15) is 8.42 Å². The van der Waals surface area contributed by atoms with Crippen molar-refractivity contribution in [3.05, 3.63) is 109 Å². The summed E-state index contributed by atoms with van der Waals surface area (Å²) in [5.74, 6) is 0. The molecule has 222 valence electrons. The molecule has 0 aliphatic heterocycles. The third kappa shape index (κ3) is 5.91. The van der Waals surface area contributed by atoms with Crippen LogP contribution >= 0.6 is 23.4 Å². The molecule has 0 saturated carbocycles. The van der Waals surface area contributed by atoms with E-state index in [1.807, 2.05) is 79.0 Å². The minimum absolute atomic E-state index is 0.716. The van der Waals surface area contributed by atoms with E-state index in [4.69, 9.17) is 19.2 Å². The molecule has 0 atom stereocenters. The second kappa shape index (κ2) is 12.2. The Morgan fingerprint density at radius 1 is 0.841 bits per heavy atom. The van der Waals surface area contributed by atoms with Crippen molar-refractivity contribution in [2.24, 2.45) is 0 Å². The van der Waals surface area contributed by atoms with Gasteiger partial charge in [-0.25, -0.2) is 18.3 Å². The Balaban J connectivity index is 1.51. The number of pyridine rings is 2. The number of thiazole rings is 1. The third-order valence-corrected chi connectivity index (χ3v) is 11.5. The van der Waals surface area contributed by atoms with Crippen LogP contribution in [0.25, 0.3) is 54.3 Å². The minimum atomic E-state index is -3.39. The maximum Gasteiger partial charge on any atom is 0.156 e. The first-order valence-corrected chi connectivity index (χ1v) is 17.2. The van der Waals surface area contributed by atoms with Crippen LogP contribution in [0.4, 0.5) is 0 Å². The Labute approximate surface area is 265 Å². The molecule has 44 heavy (non-hydrogen) atoms. The van der Waals surface area contributed by atoms with Crippen LogP contribution in [0.5, 0.6) is 0 Å². The first kappa shape index (κ1) is 30.1. The number of sulfone groups is 1. The third-order valence-electron chi connectivity index (χ3n) is 7.62. The second-order valence-corrected chi connectivity index (χ2v) is 15.1. The fourth-order valence-corrected chi connectivity index (χ4v) is 6.88. The molecule has 0 fully saturated rings. The molecular weight excluding hydrogens is 611 g/mol. The number of hydrogen-bond acceptors (Lipinski definition) is 9. The Morgan fingerprint density at radius 2 is 1.59 bits per heavy atom. The molecular formula is C34H29N3O4S3. The van der Waals surface area contributed by atoms with E-state index in [1.165, 1.54) is 13.4 Å². The van der Waals surface area contributed by atoms with E-state index in [0.29, 0.717) is 5.56 Å². The summed E-state index contributed by atoms with van der Waals surface area (Å²) in [6.45, 7) is 3.49. The quantitative estimate of drug-likeness (QED) is 0.0882. The van der Waals surface area contributed by atoms with Crippen molar-refractivity contribution in [2.75, 3.05) is 13.4 Å². The van der Waals surface area contributed by atoms with Gasteiger partial charge in [-0.1, -0.05) is 36.4 Å². The molecule has 0 radical (unpaired) electrons. The van der Waals surface area contributed by atoms with Crippen molar-refractivity contribution in [2.45, 2.75) is 23.5 Å². The van der Waals surface area contributed by atoms with Gasteiger partial charge in [0.2, 0.25) is 0 Å². The maximum atomic E-state index is 12.8. The highest BCUT2D eigenvalue weighted by Crippen LogP contribution is 2.43. The summed E-state index contributed by atoms with van der Waals surface area (Å²) in [5, 5.41) is 1.74. The van der Waals surface area contributed by atoms with E-state index in [1.54, 1.807) is 37.6 Å². The van der Waals surface area contributed by atoms with E-state index in [2.05, 4.69) is 17.1 Å². The zero-order valence-electron chi connectivity index (χ0n) is 24.5. The van der Waals surface area contributed by atoms with Gasteiger partial charge in [-0.05, 0) is 79.1 Å². The van der Waals surface area contributed by atoms with E-state index < -0.39 is 14.6 Å². The van der Waals surface area contributed by atoms with Crippen molar-refractivity contribution in [1.29, 1.82) is 0 Å². The van der Waals surface area contributed by atoms with Crippen molar-refractivity contribution < 1.29 is 17.6 Å². The highest BCUT2D eigenvalue weighted by molar-refractivity contribution is 7.94. The largest absolute Gasteiger partial charge is 0.264 e. The Kier molecular flexibility index (Phi) is 8.36. The molecule has 10 heteroatoms. The fraction of sp³-hybridized carbons (Fsp3) is 0.147. The number of benzene rings is 3. The van der Waals surface area contributed by atoms with Gasteiger partial charge < -0.3 is 0 Å². The summed E-state index contributed by atoms with van der Waals surface area (Å²) in [4.78, 5) is 20.7. The van der Waals surface area contributed by atoms with Crippen LogP contribution in [0.1, 0.15) is 19.4 Å². The predicted molar refractivity (Wildman–Crippen MR) is 179 cm³/mol. The smallest absolute Gasteiger partial charge is 0.156 e. The first-order valence-electron chi connectivity index (χ1n) is 13.7. The highest BCUT2D eigenvalue weighted by Gasteiger charge is 2.33. The summed E-state index contributed by atoms with van der Waals surface area (Å²) >= 11 is 2.74. The topological polar surface area (TPSA) is 91.3 Å². The van der Waals surface area contributed by atoms with Crippen LogP contribution in [0.2, 0.25) is 0 Å². The molecule has 6 aromatic rings. The lowest BCUT2D eigenvalue weighted by atomic mass is 9.92. The van der Waals surface area contributed by atoms with E-state index >= 15 is 0 Å². The van der Waals surface area contributed by atoms with E-state index in [0.717, 1.165) is 71.2 Å². The van der Waals surface area contributed by atoms with Crippen LogP contribution < -0.4 is 0 Å². The van der Waals surface area contributed by atoms with Gasteiger partial charge in [-0.15, -0.1) is 11.3 Å². The van der Waals surface area contributed by atoms with Gasteiger partial charge >= 0.3 is 0 Å². The Morgan fingerprint density at radius 3 is 2.32 bits per heavy atom. The summed E-state index contributed by atoms with van der Waals surface area (Å²) < 4.78 is 29.5. The maximum absolute atomic E-state index is 12.8. The summed E-state index contributed by atoms with van der Waals surface area (Å²) in [6, 6.07) is 27.9. The van der Waals surface area contributed by atoms with Crippen molar-refractivity contribution >= 4 is 44.1 Å². The fourth-order valence-electron chi connectivity index (χ4n) is 4.87. The molecule has 0 N–H and O–H groups in total. The van der Waals surface area contributed by atoms with Crippen molar-refractivity contribution in [3.63, 3.8) is 0 Å². The zero-order chi connectivity index (χ0) is 30.9. The molecule has 0 spiro atoms. The first-order chi connectivity index (χ1) is 21.2. The number of aromatic nitrogens is 3. The van der Waals surface area contributed by atoms with Gasteiger partial charge in [0.15, 0.2) is 9.84 Å². The summed E-state index contributed by atoms with van der Waals surface area (Å²) in [6.07, 6.45) is 6.61. The molecule has 0 aliphatic carbocycles. The van der Waals surface area contributed by atoms with Gasteiger partial charge in [-0.3, -0.25) is 9.97 Å². The van der Waals surface area contributed by atoms with Crippen molar-refractivity contribution in [1.82, 2.24) is 15.0 Å². The van der Waals surface area contributed by atoms with Crippen LogP contribution in [-0.4, -0.2) is 36.7 Å². The molecule has 0 aliphatic rings. The van der Waals surface area contributed by atoms with Crippen LogP contribution in [0.3, 0.4) is 0 Å². The highest BCUT2D eigenvalue weighted by atomic mass is 32.2. The normalized spacial score (nSPS) is 12.1. The Bertz CT molecular complexity index is 2060. The molecule has 0 amide bonds. The average molecular weight is 640 g/mol. The van der Waals surface area contributed by atoms with E-state index in [-0.39, 0.29) is 0 Å². The van der Waals surface area contributed by atoms with Crippen LogP contribution in [-0.2, 0) is 23.8 Å². The average Bonchev–Trinajstić information content (AvgIpc) is 3.49. The Hall–Kier alpha value is -3.93. The number of hydrogen-bond donors (Lipinski definition) is 0. The van der Waals surface area contributed by atoms with Gasteiger partial charge in [0.1, 0.15) is 5.01 Å². The lowest BCUT2D eigenvalue weighted by molar-refractivity contribution is -0.160. The SMILES string of the molecule is COOSc1ccc(-c2nc(-c3cccnc3)sc2-c2cccc(-c3cc(C(C)(C)S(C)(=O)=O)cc4cccnc34)c2)cc1. The molecule has 3 heterocycles. The zero-order valence-corrected chi connectivity index (χ0v) is 27.0. The van der Waals surface area contributed by atoms with Crippen LogP contribution in [0.15, 0.2) is 108 Å². The van der Waals surface area contributed by atoms with Crippen LogP contribution in [0, 0.1) is 0 Å². The molecule has 0 saturated heterocycles. The lowest BCUT2D eigenvalue weighted by Crippen LogP contribution is -2.28. The molecule has 7 nitrogen and oxygen atoms in total. The van der Waals surface area contributed by atoms with Gasteiger partial charge in [0.25, 0.3) is 0 Å². The molecule has 3 aromatic heterocycles.